The summed E-state index contributed by atoms with van der Waals surface area (Å²) in [7, 11) is 0. The molecule has 0 aliphatic heterocycles. The van der Waals surface area contributed by atoms with Gasteiger partial charge in [0.1, 0.15) is 5.60 Å². The maximum absolute atomic E-state index is 11.7. The van der Waals surface area contributed by atoms with Crippen molar-refractivity contribution in [3.8, 4) is 0 Å². The monoisotopic (exact) mass is 258 g/mol. The lowest BCUT2D eigenvalue weighted by molar-refractivity contribution is -0.169. The van der Waals surface area contributed by atoms with Crippen molar-refractivity contribution >= 4 is 18.6 Å². The smallest absolute Gasteiger partial charge is 0.307 e. The first-order valence-corrected chi connectivity index (χ1v) is 7.64. The van der Waals surface area contributed by atoms with Crippen molar-refractivity contribution in [1.29, 1.82) is 0 Å². The third-order valence-electron chi connectivity index (χ3n) is 4.18. The van der Waals surface area contributed by atoms with E-state index in [1.165, 1.54) is 32.1 Å². The molecule has 1 saturated carbocycles. The Kier molecular flexibility index (Phi) is 6.39. The third-order valence-corrected chi connectivity index (χ3v) is 4.40. The Morgan fingerprint density at radius 1 is 1.24 bits per heavy atom. The van der Waals surface area contributed by atoms with Gasteiger partial charge in [-0.15, -0.1) is 0 Å². The van der Waals surface area contributed by atoms with Crippen LogP contribution in [0.3, 0.4) is 0 Å². The second kappa shape index (κ2) is 7.30. The molecule has 1 fully saturated rings. The number of rotatable bonds is 6. The zero-order chi connectivity index (χ0) is 12.7. The molecule has 3 heteroatoms. The molecule has 0 N–H and O–H groups in total. The van der Waals surface area contributed by atoms with Gasteiger partial charge in [-0.25, -0.2) is 0 Å². The van der Waals surface area contributed by atoms with Gasteiger partial charge in [-0.1, -0.05) is 33.1 Å². The molecule has 0 amide bonds. The Morgan fingerprint density at radius 2 is 1.82 bits per heavy atom. The van der Waals surface area contributed by atoms with Crippen molar-refractivity contribution < 1.29 is 9.53 Å². The summed E-state index contributed by atoms with van der Waals surface area (Å²) in [6.07, 6.45) is 8.65. The summed E-state index contributed by atoms with van der Waals surface area (Å²) < 4.78 is 5.83. The van der Waals surface area contributed by atoms with Gasteiger partial charge in [-0.2, -0.15) is 12.6 Å². The second-order valence-electron chi connectivity index (χ2n) is 5.05. The summed E-state index contributed by atoms with van der Waals surface area (Å²) in [6, 6.07) is 0. The zero-order valence-corrected chi connectivity index (χ0v) is 12.1. The molecule has 1 rings (SSSR count). The van der Waals surface area contributed by atoms with Crippen molar-refractivity contribution in [2.45, 2.75) is 70.8 Å². The SMILES string of the molecule is CCC(CC)(OC(=O)CCS)C1CCCCC1. The molecule has 0 saturated heterocycles. The van der Waals surface area contributed by atoms with Crippen molar-refractivity contribution in [2.75, 3.05) is 5.75 Å². The van der Waals surface area contributed by atoms with Crippen molar-refractivity contribution in [3.05, 3.63) is 0 Å². The van der Waals surface area contributed by atoms with E-state index in [0.29, 0.717) is 18.1 Å². The fraction of sp³-hybridized carbons (Fsp3) is 0.929. The van der Waals surface area contributed by atoms with E-state index in [-0.39, 0.29) is 11.6 Å². The van der Waals surface area contributed by atoms with Gasteiger partial charge in [0.05, 0.1) is 6.42 Å². The van der Waals surface area contributed by atoms with E-state index in [9.17, 15) is 4.79 Å². The van der Waals surface area contributed by atoms with Gasteiger partial charge in [-0.05, 0) is 31.6 Å². The molecular weight excluding hydrogens is 232 g/mol. The first kappa shape index (κ1) is 14.9. The molecule has 0 radical (unpaired) electrons. The maximum Gasteiger partial charge on any atom is 0.307 e. The van der Waals surface area contributed by atoms with Crippen LogP contribution in [0.25, 0.3) is 0 Å². The highest BCUT2D eigenvalue weighted by Gasteiger charge is 2.39. The highest BCUT2D eigenvalue weighted by Crippen LogP contribution is 2.39. The predicted molar refractivity (Wildman–Crippen MR) is 74.5 cm³/mol. The fourth-order valence-electron chi connectivity index (χ4n) is 3.05. The molecular formula is C14H26O2S. The Morgan fingerprint density at radius 3 is 2.29 bits per heavy atom. The van der Waals surface area contributed by atoms with Crippen LogP contribution in [0.1, 0.15) is 65.2 Å². The van der Waals surface area contributed by atoms with Gasteiger partial charge >= 0.3 is 5.97 Å². The molecule has 0 aromatic carbocycles. The van der Waals surface area contributed by atoms with Gasteiger partial charge in [0.25, 0.3) is 0 Å². The molecule has 0 atom stereocenters. The van der Waals surface area contributed by atoms with Crippen LogP contribution in [0.15, 0.2) is 0 Å². The van der Waals surface area contributed by atoms with E-state index in [1.807, 2.05) is 0 Å². The van der Waals surface area contributed by atoms with Crippen LogP contribution in [-0.2, 0) is 9.53 Å². The van der Waals surface area contributed by atoms with E-state index < -0.39 is 0 Å². The highest BCUT2D eigenvalue weighted by atomic mass is 32.1. The zero-order valence-electron chi connectivity index (χ0n) is 11.2. The molecule has 1 aliphatic carbocycles. The highest BCUT2D eigenvalue weighted by molar-refractivity contribution is 7.80. The number of thiol groups is 1. The third kappa shape index (κ3) is 3.90. The number of esters is 1. The average molecular weight is 258 g/mol. The van der Waals surface area contributed by atoms with Crippen LogP contribution < -0.4 is 0 Å². The first-order chi connectivity index (χ1) is 8.18. The van der Waals surface area contributed by atoms with Crippen LogP contribution in [0, 0.1) is 5.92 Å². The number of ether oxygens (including phenoxy) is 1. The van der Waals surface area contributed by atoms with E-state index in [1.54, 1.807) is 0 Å². The van der Waals surface area contributed by atoms with Crippen molar-refractivity contribution in [1.82, 2.24) is 0 Å². The van der Waals surface area contributed by atoms with Gasteiger partial charge in [0.2, 0.25) is 0 Å². The minimum absolute atomic E-state index is 0.0747. The van der Waals surface area contributed by atoms with Gasteiger partial charge < -0.3 is 4.74 Å². The standard InChI is InChI=1S/C14H26O2S/c1-3-14(4-2,16-13(15)10-11-17)12-8-6-5-7-9-12/h12,17H,3-11H2,1-2H3. The molecule has 1 aliphatic rings. The molecule has 0 aromatic rings. The Labute approximate surface area is 111 Å². The minimum Gasteiger partial charge on any atom is -0.459 e. The molecule has 0 aromatic heterocycles. The fourth-order valence-corrected chi connectivity index (χ4v) is 3.24. The van der Waals surface area contributed by atoms with E-state index in [2.05, 4.69) is 26.5 Å². The van der Waals surface area contributed by atoms with Crippen LogP contribution >= 0.6 is 12.6 Å². The molecule has 0 unspecified atom stereocenters. The Bertz CT molecular complexity index is 230. The lowest BCUT2D eigenvalue weighted by Gasteiger charge is -2.41. The van der Waals surface area contributed by atoms with Crippen molar-refractivity contribution in [2.24, 2.45) is 5.92 Å². The lowest BCUT2D eigenvalue weighted by atomic mass is 9.74. The minimum atomic E-state index is -0.208. The predicted octanol–water partition coefficient (Wildman–Crippen LogP) is 3.99. The summed E-state index contributed by atoms with van der Waals surface area (Å²) in [5.74, 6) is 1.07. The quantitative estimate of drug-likeness (QED) is 0.576. The molecule has 17 heavy (non-hydrogen) atoms. The molecule has 0 bridgehead atoms. The number of carbonyl (C=O) groups excluding carboxylic acids is 1. The van der Waals surface area contributed by atoms with Gasteiger partial charge in [0, 0.05) is 5.75 Å². The summed E-state index contributed by atoms with van der Waals surface area (Å²) in [6.45, 7) is 4.29. The lowest BCUT2D eigenvalue weighted by Crippen LogP contribution is -2.42. The van der Waals surface area contributed by atoms with Gasteiger partial charge in [0.15, 0.2) is 0 Å². The summed E-state index contributed by atoms with van der Waals surface area (Å²) in [4.78, 5) is 11.7. The number of hydrogen-bond acceptors (Lipinski definition) is 3. The van der Waals surface area contributed by atoms with Gasteiger partial charge in [-0.3, -0.25) is 4.79 Å². The first-order valence-electron chi connectivity index (χ1n) is 7.01. The maximum atomic E-state index is 11.7. The summed E-state index contributed by atoms with van der Waals surface area (Å²) in [5, 5.41) is 0. The Balaban J connectivity index is 2.68. The summed E-state index contributed by atoms with van der Waals surface area (Å²) >= 11 is 4.09. The molecule has 0 heterocycles. The van der Waals surface area contributed by atoms with Crippen LogP contribution in [0.5, 0.6) is 0 Å². The van der Waals surface area contributed by atoms with E-state index >= 15 is 0 Å². The van der Waals surface area contributed by atoms with Crippen molar-refractivity contribution in [3.63, 3.8) is 0 Å². The molecule has 0 spiro atoms. The number of carbonyl (C=O) groups is 1. The van der Waals surface area contributed by atoms with E-state index in [0.717, 1.165) is 12.8 Å². The normalized spacial score (nSPS) is 18.1. The topological polar surface area (TPSA) is 26.3 Å². The largest absolute Gasteiger partial charge is 0.459 e. The van der Waals surface area contributed by atoms with Crippen LogP contribution in [0.2, 0.25) is 0 Å². The Hall–Kier alpha value is -0.180. The second-order valence-corrected chi connectivity index (χ2v) is 5.50. The number of hydrogen-bond donors (Lipinski definition) is 1. The molecule has 100 valence electrons. The van der Waals surface area contributed by atoms with Crippen LogP contribution in [-0.4, -0.2) is 17.3 Å². The summed E-state index contributed by atoms with van der Waals surface area (Å²) in [5.41, 5.74) is -0.208. The van der Waals surface area contributed by atoms with Crippen LogP contribution in [0.4, 0.5) is 0 Å². The average Bonchev–Trinajstić information content (AvgIpc) is 2.37. The van der Waals surface area contributed by atoms with E-state index in [4.69, 9.17) is 4.74 Å². The molecule has 2 nitrogen and oxygen atoms in total.